The highest BCUT2D eigenvalue weighted by Gasteiger charge is 2.18. The van der Waals surface area contributed by atoms with Crippen LogP contribution < -0.4 is 10.0 Å². The topological polar surface area (TPSA) is 76.7 Å². The maximum absolute atomic E-state index is 11.9. The van der Waals surface area contributed by atoms with Gasteiger partial charge in [-0.1, -0.05) is 6.42 Å². The Hall–Kier alpha value is -0.210. The molecule has 0 radical (unpaired) electrons. The first kappa shape index (κ1) is 16.8. The summed E-state index contributed by atoms with van der Waals surface area (Å²) < 4.78 is 36.4. The fraction of sp³-hybridized carbons (Fsp3) is 1.00. The summed E-state index contributed by atoms with van der Waals surface area (Å²) in [5, 5.41) is 3.35. The third-order valence-corrected chi connectivity index (χ3v) is 4.74. The third-order valence-electron chi connectivity index (χ3n) is 3.36. The van der Waals surface area contributed by atoms with Gasteiger partial charge in [-0.25, -0.2) is 13.1 Å². The molecule has 7 heteroatoms. The molecule has 2 atom stereocenters. The maximum atomic E-state index is 11.9. The minimum absolute atomic E-state index is 0.161. The molecule has 0 spiro atoms. The van der Waals surface area contributed by atoms with E-state index in [4.69, 9.17) is 9.47 Å². The van der Waals surface area contributed by atoms with Crippen molar-refractivity contribution in [1.82, 2.24) is 10.0 Å². The van der Waals surface area contributed by atoms with Crippen LogP contribution in [0.3, 0.4) is 0 Å². The van der Waals surface area contributed by atoms with Crippen LogP contribution in [-0.2, 0) is 19.5 Å². The van der Waals surface area contributed by atoms with Crippen molar-refractivity contribution in [3.63, 3.8) is 0 Å². The zero-order valence-corrected chi connectivity index (χ0v) is 12.7. The quantitative estimate of drug-likeness (QED) is 0.631. The van der Waals surface area contributed by atoms with Crippen LogP contribution in [0.1, 0.15) is 25.7 Å². The normalized spacial score (nSPS) is 22.3. The number of hydrogen-bond acceptors (Lipinski definition) is 5. The molecule has 1 aliphatic heterocycles. The van der Waals surface area contributed by atoms with Gasteiger partial charge in [-0.3, -0.25) is 0 Å². The Kier molecular flexibility index (Phi) is 7.86. The summed E-state index contributed by atoms with van der Waals surface area (Å²) in [5.41, 5.74) is 0. The molecule has 0 saturated carbocycles. The second-order valence-electron chi connectivity index (χ2n) is 4.92. The van der Waals surface area contributed by atoms with E-state index in [0.717, 1.165) is 13.0 Å². The first-order chi connectivity index (χ1) is 9.07. The lowest BCUT2D eigenvalue weighted by molar-refractivity contribution is 0.0320. The molecule has 0 bridgehead atoms. The SMILES string of the molecule is COCC(CNS(=O)(=O)CCC1CCCCN1)OC. The third kappa shape index (κ3) is 7.22. The minimum atomic E-state index is -3.23. The number of piperidine rings is 1. The summed E-state index contributed by atoms with van der Waals surface area (Å²) in [5.74, 6) is 0.161. The zero-order chi connectivity index (χ0) is 14.1. The lowest BCUT2D eigenvalue weighted by Gasteiger charge is -2.23. The highest BCUT2D eigenvalue weighted by molar-refractivity contribution is 7.89. The minimum Gasteiger partial charge on any atom is -0.382 e. The van der Waals surface area contributed by atoms with Gasteiger partial charge in [-0.15, -0.1) is 0 Å². The van der Waals surface area contributed by atoms with Crippen molar-refractivity contribution >= 4 is 10.0 Å². The molecule has 2 unspecified atom stereocenters. The second-order valence-corrected chi connectivity index (χ2v) is 6.84. The predicted octanol–water partition coefficient (Wildman–Crippen LogP) is 0.0994. The number of rotatable bonds is 9. The molecule has 114 valence electrons. The summed E-state index contributed by atoms with van der Waals surface area (Å²) >= 11 is 0. The molecular formula is C12H26N2O4S. The Morgan fingerprint density at radius 3 is 2.74 bits per heavy atom. The number of hydrogen-bond donors (Lipinski definition) is 2. The van der Waals surface area contributed by atoms with Crippen molar-refractivity contribution in [2.75, 3.05) is 39.7 Å². The van der Waals surface area contributed by atoms with Gasteiger partial charge >= 0.3 is 0 Å². The molecular weight excluding hydrogens is 268 g/mol. The van der Waals surface area contributed by atoms with E-state index in [1.165, 1.54) is 12.8 Å². The van der Waals surface area contributed by atoms with Gasteiger partial charge in [0, 0.05) is 26.8 Å². The number of sulfonamides is 1. The Balaban J connectivity index is 2.26. The first-order valence-electron chi connectivity index (χ1n) is 6.80. The monoisotopic (exact) mass is 294 g/mol. The van der Waals surface area contributed by atoms with Crippen LogP contribution in [0.5, 0.6) is 0 Å². The van der Waals surface area contributed by atoms with Gasteiger partial charge in [-0.2, -0.15) is 0 Å². The highest BCUT2D eigenvalue weighted by atomic mass is 32.2. The Labute approximate surface area is 116 Å². The lowest BCUT2D eigenvalue weighted by atomic mass is 10.0. The molecule has 1 aliphatic rings. The largest absolute Gasteiger partial charge is 0.382 e. The molecule has 1 fully saturated rings. The van der Waals surface area contributed by atoms with E-state index in [1.54, 1.807) is 14.2 Å². The standard InChI is InChI=1S/C12H26N2O4S/c1-17-10-12(18-2)9-14-19(15,16)8-6-11-5-3-4-7-13-11/h11-14H,3-10H2,1-2H3. The summed E-state index contributed by atoms with van der Waals surface area (Å²) in [6.07, 6.45) is 3.86. The van der Waals surface area contributed by atoms with E-state index < -0.39 is 10.0 Å². The fourth-order valence-corrected chi connectivity index (χ4v) is 3.34. The van der Waals surface area contributed by atoms with E-state index in [-0.39, 0.29) is 18.4 Å². The Morgan fingerprint density at radius 1 is 1.37 bits per heavy atom. The summed E-state index contributed by atoms with van der Waals surface area (Å²) in [6.45, 7) is 1.63. The van der Waals surface area contributed by atoms with E-state index in [1.807, 2.05) is 0 Å². The number of ether oxygens (including phenoxy) is 2. The summed E-state index contributed by atoms with van der Waals surface area (Å²) in [6, 6.07) is 0.336. The van der Waals surface area contributed by atoms with Gasteiger partial charge in [0.1, 0.15) is 0 Å². The molecule has 2 N–H and O–H groups in total. The maximum Gasteiger partial charge on any atom is 0.211 e. The summed E-state index contributed by atoms with van der Waals surface area (Å²) in [4.78, 5) is 0. The van der Waals surface area contributed by atoms with Crippen LogP contribution in [0.25, 0.3) is 0 Å². The molecule has 0 aromatic rings. The molecule has 0 amide bonds. The Morgan fingerprint density at radius 2 is 2.16 bits per heavy atom. The van der Waals surface area contributed by atoms with Crippen molar-refractivity contribution in [1.29, 1.82) is 0 Å². The van der Waals surface area contributed by atoms with Crippen LogP contribution >= 0.6 is 0 Å². The smallest absolute Gasteiger partial charge is 0.211 e. The molecule has 0 aromatic heterocycles. The number of methoxy groups -OCH3 is 2. The van der Waals surface area contributed by atoms with Crippen molar-refractivity contribution in [3.05, 3.63) is 0 Å². The van der Waals surface area contributed by atoms with Crippen LogP contribution in [0.15, 0.2) is 0 Å². The second kappa shape index (κ2) is 8.86. The molecule has 0 aliphatic carbocycles. The zero-order valence-electron chi connectivity index (χ0n) is 11.9. The Bertz CT molecular complexity index is 314. The van der Waals surface area contributed by atoms with E-state index in [9.17, 15) is 8.42 Å². The summed E-state index contributed by atoms with van der Waals surface area (Å²) in [7, 11) is -0.120. The van der Waals surface area contributed by atoms with Crippen LogP contribution in [0, 0.1) is 0 Å². The van der Waals surface area contributed by atoms with Crippen molar-refractivity contribution in [2.24, 2.45) is 0 Å². The highest BCUT2D eigenvalue weighted by Crippen LogP contribution is 2.10. The van der Waals surface area contributed by atoms with E-state index in [0.29, 0.717) is 19.1 Å². The van der Waals surface area contributed by atoms with Crippen molar-refractivity contribution < 1.29 is 17.9 Å². The van der Waals surface area contributed by atoms with Crippen molar-refractivity contribution in [2.45, 2.75) is 37.8 Å². The average Bonchev–Trinajstić information content (AvgIpc) is 2.42. The molecule has 1 rings (SSSR count). The van der Waals surface area contributed by atoms with Crippen LogP contribution in [0.4, 0.5) is 0 Å². The van der Waals surface area contributed by atoms with Crippen LogP contribution in [0.2, 0.25) is 0 Å². The van der Waals surface area contributed by atoms with Crippen LogP contribution in [-0.4, -0.2) is 60.2 Å². The first-order valence-corrected chi connectivity index (χ1v) is 8.45. The van der Waals surface area contributed by atoms with E-state index >= 15 is 0 Å². The lowest BCUT2D eigenvalue weighted by Crippen LogP contribution is -2.39. The van der Waals surface area contributed by atoms with E-state index in [2.05, 4.69) is 10.0 Å². The van der Waals surface area contributed by atoms with Gasteiger partial charge in [0.05, 0.1) is 18.5 Å². The molecule has 1 heterocycles. The molecule has 19 heavy (non-hydrogen) atoms. The van der Waals surface area contributed by atoms with Gasteiger partial charge in [0.25, 0.3) is 0 Å². The van der Waals surface area contributed by atoms with Gasteiger partial charge < -0.3 is 14.8 Å². The van der Waals surface area contributed by atoms with Gasteiger partial charge in [0.15, 0.2) is 0 Å². The van der Waals surface area contributed by atoms with Crippen molar-refractivity contribution in [3.8, 4) is 0 Å². The van der Waals surface area contributed by atoms with Gasteiger partial charge in [0.2, 0.25) is 10.0 Å². The fourth-order valence-electron chi connectivity index (χ4n) is 2.16. The molecule has 0 aromatic carbocycles. The predicted molar refractivity (Wildman–Crippen MR) is 74.7 cm³/mol. The molecule has 1 saturated heterocycles. The average molecular weight is 294 g/mol. The van der Waals surface area contributed by atoms with Gasteiger partial charge in [-0.05, 0) is 25.8 Å². The molecule has 6 nitrogen and oxygen atoms in total. The number of nitrogens with one attached hydrogen (secondary N) is 2.